The number of nitrogens with one attached hydrogen (secondary N) is 2. The van der Waals surface area contributed by atoms with E-state index in [2.05, 4.69) is 15.4 Å². The van der Waals surface area contributed by atoms with Crippen LogP contribution in [0.3, 0.4) is 0 Å². The predicted octanol–water partition coefficient (Wildman–Crippen LogP) is 2.98. The predicted molar refractivity (Wildman–Crippen MR) is 85.3 cm³/mol. The van der Waals surface area contributed by atoms with Gasteiger partial charge in [0.1, 0.15) is 5.75 Å². The summed E-state index contributed by atoms with van der Waals surface area (Å²) >= 11 is 0. The summed E-state index contributed by atoms with van der Waals surface area (Å²) in [7, 11) is 0. The molecule has 0 radical (unpaired) electrons. The van der Waals surface area contributed by atoms with Gasteiger partial charge in [-0.25, -0.2) is 0 Å². The number of hydrogen-bond acceptors (Lipinski definition) is 3. The number of hydrogen-bond donors (Lipinski definition) is 2. The number of para-hydroxylation sites is 1. The molecule has 1 saturated heterocycles. The average Bonchev–Trinajstić information content (AvgIpc) is 3.28. The smallest absolute Gasteiger partial charge is 0.405 e. The Bertz CT molecular complexity index is 577. The molecule has 2 unspecified atom stereocenters. The Morgan fingerprint density at radius 2 is 1.88 bits per heavy atom. The zero-order valence-electron chi connectivity index (χ0n) is 12.9. The van der Waals surface area contributed by atoms with Crippen molar-refractivity contribution in [3.63, 3.8) is 0 Å². The molecule has 0 spiro atoms. The summed E-state index contributed by atoms with van der Waals surface area (Å²) in [6, 6.07) is 6.22. The summed E-state index contributed by atoms with van der Waals surface area (Å²) in [6.07, 6.45) is -2.39. The molecule has 8 heteroatoms. The number of rotatable bonds is 4. The Kier molecular flexibility index (Phi) is 5.98. The highest BCUT2D eigenvalue weighted by Gasteiger charge is 2.46. The Morgan fingerprint density at radius 1 is 1.21 bits per heavy atom. The van der Waals surface area contributed by atoms with E-state index in [4.69, 9.17) is 0 Å². The van der Waals surface area contributed by atoms with E-state index in [0.717, 1.165) is 25.9 Å². The van der Waals surface area contributed by atoms with E-state index in [1.807, 2.05) is 0 Å². The van der Waals surface area contributed by atoms with Crippen molar-refractivity contribution in [2.24, 2.45) is 5.92 Å². The molecule has 2 aliphatic rings. The largest absolute Gasteiger partial charge is 0.573 e. The number of piperidine rings is 1. The SMILES string of the molecule is Cl.O=C(NC1CCNCC1)C1CC1c1ccccc1OC(F)(F)F. The molecule has 134 valence electrons. The fourth-order valence-electron chi connectivity index (χ4n) is 3.11. The van der Waals surface area contributed by atoms with Gasteiger partial charge < -0.3 is 15.4 Å². The van der Waals surface area contributed by atoms with E-state index in [9.17, 15) is 18.0 Å². The second-order valence-corrected chi connectivity index (χ2v) is 6.07. The molecular weight excluding hydrogens is 345 g/mol. The van der Waals surface area contributed by atoms with Crippen LogP contribution in [0.15, 0.2) is 24.3 Å². The van der Waals surface area contributed by atoms with Crippen LogP contribution in [-0.2, 0) is 4.79 Å². The molecule has 4 nitrogen and oxygen atoms in total. The lowest BCUT2D eigenvalue weighted by molar-refractivity contribution is -0.274. The molecule has 3 rings (SSSR count). The van der Waals surface area contributed by atoms with Gasteiger partial charge in [0, 0.05) is 12.0 Å². The van der Waals surface area contributed by atoms with Crippen molar-refractivity contribution in [2.75, 3.05) is 13.1 Å². The van der Waals surface area contributed by atoms with Crippen molar-refractivity contribution in [2.45, 2.75) is 37.6 Å². The van der Waals surface area contributed by atoms with Gasteiger partial charge in [-0.1, -0.05) is 18.2 Å². The first-order valence-electron chi connectivity index (χ1n) is 7.80. The Labute approximate surface area is 144 Å². The third-order valence-corrected chi connectivity index (χ3v) is 4.36. The third kappa shape index (κ3) is 4.77. The lowest BCUT2D eigenvalue weighted by Crippen LogP contribution is -2.43. The third-order valence-electron chi connectivity index (χ3n) is 4.36. The summed E-state index contributed by atoms with van der Waals surface area (Å²) in [4.78, 5) is 12.3. The molecule has 1 amide bonds. The number of alkyl halides is 3. The van der Waals surface area contributed by atoms with Crippen LogP contribution < -0.4 is 15.4 Å². The van der Waals surface area contributed by atoms with Crippen LogP contribution in [-0.4, -0.2) is 31.4 Å². The van der Waals surface area contributed by atoms with E-state index < -0.39 is 6.36 Å². The van der Waals surface area contributed by atoms with Gasteiger partial charge in [-0.3, -0.25) is 4.79 Å². The fraction of sp³-hybridized carbons (Fsp3) is 0.562. The second-order valence-electron chi connectivity index (χ2n) is 6.07. The van der Waals surface area contributed by atoms with Crippen molar-refractivity contribution in [1.82, 2.24) is 10.6 Å². The van der Waals surface area contributed by atoms with Crippen molar-refractivity contribution >= 4 is 18.3 Å². The van der Waals surface area contributed by atoms with Crippen molar-refractivity contribution < 1.29 is 22.7 Å². The maximum atomic E-state index is 12.5. The molecule has 0 aromatic heterocycles. The maximum Gasteiger partial charge on any atom is 0.573 e. The molecule has 0 bridgehead atoms. The van der Waals surface area contributed by atoms with E-state index >= 15 is 0 Å². The zero-order chi connectivity index (χ0) is 16.4. The first-order valence-corrected chi connectivity index (χ1v) is 7.80. The van der Waals surface area contributed by atoms with Gasteiger partial charge in [-0.2, -0.15) is 0 Å². The molecule has 24 heavy (non-hydrogen) atoms. The fourth-order valence-corrected chi connectivity index (χ4v) is 3.11. The molecule has 2 N–H and O–H groups in total. The lowest BCUT2D eigenvalue weighted by Gasteiger charge is -2.23. The Morgan fingerprint density at radius 3 is 2.54 bits per heavy atom. The lowest BCUT2D eigenvalue weighted by atomic mass is 10.1. The van der Waals surface area contributed by atoms with Crippen molar-refractivity contribution in [3.05, 3.63) is 29.8 Å². The molecule has 1 aromatic carbocycles. The number of benzene rings is 1. The summed E-state index contributed by atoms with van der Waals surface area (Å²) < 4.78 is 41.5. The molecule has 1 saturated carbocycles. The summed E-state index contributed by atoms with van der Waals surface area (Å²) in [5, 5.41) is 6.23. The monoisotopic (exact) mass is 364 g/mol. The van der Waals surface area contributed by atoms with Gasteiger partial charge in [0.05, 0.1) is 0 Å². The summed E-state index contributed by atoms with van der Waals surface area (Å²) in [5.74, 6) is -0.732. The van der Waals surface area contributed by atoms with Crippen LogP contribution in [0.5, 0.6) is 5.75 Å². The highest BCUT2D eigenvalue weighted by Crippen LogP contribution is 2.51. The van der Waals surface area contributed by atoms with Crippen molar-refractivity contribution in [1.29, 1.82) is 0 Å². The van der Waals surface area contributed by atoms with Gasteiger partial charge in [0.15, 0.2) is 0 Å². The maximum absolute atomic E-state index is 12.5. The second kappa shape index (κ2) is 7.61. The van der Waals surface area contributed by atoms with Crippen LogP contribution in [0.25, 0.3) is 0 Å². The number of halogens is 4. The minimum absolute atomic E-state index is 0. The van der Waals surface area contributed by atoms with Crippen LogP contribution in [0, 0.1) is 5.92 Å². The van der Waals surface area contributed by atoms with Gasteiger partial charge in [-0.15, -0.1) is 25.6 Å². The van der Waals surface area contributed by atoms with Crippen LogP contribution >= 0.6 is 12.4 Å². The molecular formula is C16H20ClF3N2O2. The molecule has 2 atom stereocenters. The normalized spacial score (nSPS) is 24.0. The molecule has 1 aromatic rings. The minimum Gasteiger partial charge on any atom is -0.405 e. The standard InChI is InChI=1S/C16H19F3N2O2.ClH/c17-16(18,19)23-14-4-2-1-3-11(14)12-9-13(12)15(22)21-10-5-7-20-8-6-10;/h1-4,10,12-13,20H,5-9H2,(H,21,22);1H. The first kappa shape index (κ1) is 18.9. The minimum atomic E-state index is -4.72. The van der Waals surface area contributed by atoms with Crippen LogP contribution in [0.4, 0.5) is 13.2 Å². The van der Waals surface area contributed by atoms with E-state index in [-0.39, 0.29) is 41.9 Å². The van der Waals surface area contributed by atoms with Crippen molar-refractivity contribution in [3.8, 4) is 5.75 Å². The van der Waals surface area contributed by atoms with Gasteiger partial charge >= 0.3 is 6.36 Å². The topological polar surface area (TPSA) is 50.4 Å². The van der Waals surface area contributed by atoms with Gasteiger partial charge in [0.25, 0.3) is 0 Å². The van der Waals surface area contributed by atoms with E-state index in [0.29, 0.717) is 12.0 Å². The number of carbonyl (C=O) groups excluding carboxylic acids is 1. The molecule has 2 fully saturated rings. The average molecular weight is 365 g/mol. The quantitative estimate of drug-likeness (QED) is 0.863. The Hall–Kier alpha value is -1.47. The zero-order valence-corrected chi connectivity index (χ0v) is 13.8. The molecule has 1 aliphatic heterocycles. The molecule has 1 aliphatic carbocycles. The summed E-state index contributed by atoms with van der Waals surface area (Å²) in [6.45, 7) is 1.75. The number of carbonyl (C=O) groups is 1. The van der Waals surface area contributed by atoms with E-state index in [1.165, 1.54) is 12.1 Å². The molecule has 1 heterocycles. The Balaban J connectivity index is 0.00000208. The van der Waals surface area contributed by atoms with Crippen LogP contribution in [0.1, 0.15) is 30.7 Å². The van der Waals surface area contributed by atoms with E-state index in [1.54, 1.807) is 12.1 Å². The number of amides is 1. The first-order chi connectivity index (χ1) is 10.9. The highest BCUT2D eigenvalue weighted by atomic mass is 35.5. The van der Waals surface area contributed by atoms with Gasteiger partial charge in [0.2, 0.25) is 5.91 Å². The number of ether oxygens (including phenoxy) is 1. The van der Waals surface area contributed by atoms with Gasteiger partial charge in [-0.05, 0) is 49.9 Å². The van der Waals surface area contributed by atoms with Crippen LogP contribution in [0.2, 0.25) is 0 Å². The highest BCUT2D eigenvalue weighted by molar-refractivity contribution is 5.85. The summed E-state index contributed by atoms with van der Waals surface area (Å²) in [5.41, 5.74) is 0.454.